The second-order valence-electron chi connectivity index (χ2n) is 5.89. The third-order valence-electron chi connectivity index (χ3n) is 3.27. The first-order valence-electron chi connectivity index (χ1n) is 6.59. The number of carboxylic acid groups (broad SMARTS) is 1. The number of aromatic nitrogens is 1. The molecule has 0 atom stereocenters. The Hall–Kier alpha value is -1.62. The van der Waals surface area contributed by atoms with E-state index in [-0.39, 0.29) is 5.41 Å². The van der Waals surface area contributed by atoms with Crippen LogP contribution in [0.3, 0.4) is 0 Å². The van der Waals surface area contributed by atoms with E-state index in [2.05, 4.69) is 15.2 Å². The number of pyridine rings is 1. The molecule has 0 aliphatic carbocycles. The lowest BCUT2D eigenvalue weighted by molar-refractivity contribution is 0.0696. The highest BCUT2D eigenvalue weighted by Gasteiger charge is 2.21. The first kappa shape index (κ1) is 13.8. The Morgan fingerprint density at radius 3 is 2.47 bits per heavy atom. The van der Waals surface area contributed by atoms with Crippen LogP contribution in [-0.2, 0) is 5.41 Å². The van der Waals surface area contributed by atoms with Crippen molar-refractivity contribution >= 4 is 11.8 Å². The predicted molar refractivity (Wildman–Crippen MR) is 75.0 cm³/mol. The van der Waals surface area contributed by atoms with Gasteiger partial charge in [0.1, 0.15) is 5.82 Å². The lowest BCUT2D eigenvalue weighted by atomic mass is 9.90. The molecule has 5 nitrogen and oxygen atoms in total. The third-order valence-corrected chi connectivity index (χ3v) is 3.27. The standard InChI is InChI=1S/C14H21N3O2/c1-14(2,3)11-8-10(13(18)19)9-12(16-11)17-6-4-15-5-7-17/h8-9,15H,4-7H2,1-3H3,(H,18,19). The van der Waals surface area contributed by atoms with Crippen LogP contribution in [0.2, 0.25) is 0 Å². The van der Waals surface area contributed by atoms with Gasteiger partial charge in [0.05, 0.1) is 5.56 Å². The van der Waals surface area contributed by atoms with Crippen LogP contribution < -0.4 is 10.2 Å². The van der Waals surface area contributed by atoms with Gasteiger partial charge in [0, 0.05) is 37.3 Å². The van der Waals surface area contributed by atoms with Gasteiger partial charge in [0.15, 0.2) is 0 Å². The minimum Gasteiger partial charge on any atom is -0.478 e. The monoisotopic (exact) mass is 263 g/mol. The molecule has 1 fully saturated rings. The van der Waals surface area contributed by atoms with Gasteiger partial charge in [-0.2, -0.15) is 0 Å². The Morgan fingerprint density at radius 2 is 1.95 bits per heavy atom. The fourth-order valence-corrected chi connectivity index (χ4v) is 2.08. The molecule has 0 unspecified atom stereocenters. The maximum atomic E-state index is 11.3. The van der Waals surface area contributed by atoms with Gasteiger partial charge in [-0.25, -0.2) is 9.78 Å². The van der Waals surface area contributed by atoms with E-state index in [1.807, 2.05) is 20.8 Å². The lowest BCUT2D eigenvalue weighted by Gasteiger charge is -2.30. The molecule has 1 aromatic heterocycles. The number of carboxylic acids is 1. The van der Waals surface area contributed by atoms with Crippen LogP contribution in [0.1, 0.15) is 36.8 Å². The topological polar surface area (TPSA) is 65.5 Å². The van der Waals surface area contributed by atoms with Gasteiger partial charge < -0.3 is 15.3 Å². The van der Waals surface area contributed by atoms with Crippen molar-refractivity contribution in [2.75, 3.05) is 31.1 Å². The maximum Gasteiger partial charge on any atom is 0.335 e. The van der Waals surface area contributed by atoms with Crippen molar-refractivity contribution in [3.05, 3.63) is 23.4 Å². The predicted octanol–water partition coefficient (Wildman–Crippen LogP) is 1.49. The molecule has 0 amide bonds. The van der Waals surface area contributed by atoms with E-state index in [1.54, 1.807) is 12.1 Å². The number of hydrogen-bond acceptors (Lipinski definition) is 4. The molecule has 0 spiro atoms. The zero-order chi connectivity index (χ0) is 14.0. The number of nitrogens with zero attached hydrogens (tertiary/aromatic N) is 2. The average Bonchev–Trinajstić information content (AvgIpc) is 2.38. The number of anilines is 1. The number of carbonyl (C=O) groups is 1. The van der Waals surface area contributed by atoms with Gasteiger partial charge in [0.2, 0.25) is 0 Å². The molecule has 0 radical (unpaired) electrons. The van der Waals surface area contributed by atoms with Crippen LogP contribution in [0.15, 0.2) is 12.1 Å². The summed E-state index contributed by atoms with van der Waals surface area (Å²) in [6.07, 6.45) is 0. The van der Waals surface area contributed by atoms with Gasteiger partial charge in [0.25, 0.3) is 0 Å². The molecule has 2 heterocycles. The number of nitrogens with one attached hydrogen (secondary N) is 1. The smallest absolute Gasteiger partial charge is 0.335 e. The Kier molecular flexibility index (Phi) is 3.75. The number of aromatic carboxylic acids is 1. The van der Waals surface area contributed by atoms with Crippen LogP contribution >= 0.6 is 0 Å². The minimum atomic E-state index is -0.899. The van der Waals surface area contributed by atoms with Crippen molar-refractivity contribution in [2.45, 2.75) is 26.2 Å². The van der Waals surface area contributed by atoms with Crippen molar-refractivity contribution in [1.29, 1.82) is 0 Å². The van der Waals surface area contributed by atoms with Crippen molar-refractivity contribution in [1.82, 2.24) is 10.3 Å². The summed E-state index contributed by atoms with van der Waals surface area (Å²) < 4.78 is 0. The molecule has 1 aliphatic heterocycles. The zero-order valence-electron chi connectivity index (χ0n) is 11.7. The van der Waals surface area contributed by atoms with Crippen molar-refractivity contribution in [3.63, 3.8) is 0 Å². The molecule has 1 aromatic rings. The fraction of sp³-hybridized carbons (Fsp3) is 0.571. The van der Waals surface area contributed by atoms with E-state index < -0.39 is 5.97 Å². The summed E-state index contributed by atoms with van der Waals surface area (Å²) in [7, 11) is 0. The van der Waals surface area contributed by atoms with E-state index in [0.717, 1.165) is 37.7 Å². The molecule has 2 rings (SSSR count). The second-order valence-corrected chi connectivity index (χ2v) is 5.89. The Labute approximate surface area is 113 Å². The lowest BCUT2D eigenvalue weighted by Crippen LogP contribution is -2.44. The molecule has 1 saturated heterocycles. The molecule has 0 bridgehead atoms. The summed E-state index contributed by atoms with van der Waals surface area (Å²) in [6, 6.07) is 3.34. The van der Waals surface area contributed by atoms with Crippen LogP contribution in [0, 0.1) is 0 Å². The van der Waals surface area contributed by atoms with Crippen LogP contribution in [0.5, 0.6) is 0 Å². The minimum absolute atomic E-state index is 0.158. The van der Waals surface area contributed by atoms with Gasteiger partial charge in [-0.15, -0.1) is 0 Å². The molecule has 19 heavy (non-hydrogen) atoms. The number of rotatable bonds is 2. The van der Waals surface area contributed by atoms with Gasteiger partial charge in [-0.3, -0.25) is 0 Å². The van der Waals surface area contributed by atoms with Gasteiger partial charge in [-0.05, 0) is 12.1 Å². The van der Waals surface area contributed by atoms with Crippen molar-refractivity contribution in [2.24, 2.45) is 0 Å². The van der Waals surface area contributed by atoms with E-state index in [9.17, 15) is 9.90 Å². The van der Waals surface area contributed by atoms with Crippen LogP contribution in [0.4, 0.5) is 5.82 Å². The maximum absolute atomic E-state index is 11.3. The average molecular weight is 263 g/mol. The van der Waals surface area contributed by atoms with E-state index in [1.165, 1.54) is 0 Å². The zero-order valence-corrected chi connectivity index (χ0v) is 11.7. The first-order chi connectivity index (χ1) is 8.88. The molecule has 0 aromatic carbocycles. The number of hydrogen-bond donors (Lipinski definition) is 2. The Morgan fingerprint density at radius 1 is 1.32 bits per heavy atom. The molecular formula is C14H21N3O2. The molecule has 0 saturated carbocycles. The fourth-order valence-electron chi connectivity index (χ4n) is 2.08. The van der Waals surface area contributed by atoms with E-state index in [0.29, 0.717) is 5.56 Å². The highest BCUT2D eigenvalue weighted by Crippen LogP contribution is 2.25. The van der Waals surface area contributed by atoms with Gasteiger partial charge in [-0.1, -0.05) is 20.8 Å². The first-order valence-corrected chi connectivity index (χ1v) is 6.59. The second kappa shape index (κ2) is 5.17. The summed E-state index contributed by atoms with van der Waals surface area (Å²) in [5, 5.41) is 12.5. The molecule has 1 aliphatic rings. The Balaban J connectivity index is 2.41. The summed E-state index contributed by atoms with van der Waals surface area (Å²) in [6.45, 7) is 9.67. The summed E-state index contributed by atoms with van der Waals surface area (Å²) in [4.78, 5) is 18.0. The molecule has 2 N–H and O–H groups in total. The Bertz CT molecular complexity index is 474. The van der Waals surface area contributed by atoms with Crippen molar-refractivity contribution < 1.29 is 9.90 Å². The largest absolute Gasteiger partial charge is 0.478 e. The van der Waals surface area contributed by atoms with Gasteiger partial charge >= 0.3 is 5.97 Å². The molecule has 104 valence electrons. The third kappa shape index (κ3) is 3.23. The van der Waals surface area contributed by atoms with Crippen LogP contribution in [-0.4, -0.2) is 42.2 Å². The molecular weight excluding hydrogens is 242 g/mol. The highest BCUT2D eigenvalue weighted by molar-refractivity contribution is 5.88. The summed E-state index contributed by atoms with van der Waals surface area (Å²) in [5.74, 6) is -0.129. The van der Waals surface area contributed by atoms with Crippen molar-refractivity contribution in [3.8, 4) is 0 Å². The quantitative estimate of drug-likeness (QED) is 0.846. The van der Waals surface area contributed by atoms with Crippen LogP contribution in [0.25, 0.3) is 0 Å². The summed E-state index contributed by atoms with van der Waals surface area (Å²) in [5.41, 5.74) is 0.975. The molecule has 5 heteroatoms. The van der Waals surface area contributed by atoms with E-state index >= 15 is 0 Å². The SMILES string of the molecule is CC(C)(C)c1cc(C(=O)O)cc(N2CCNCC2)n1. The van der Waals surface area contributed by atoms with E-state index in [4.69, 9.17) is 0 Å². The highest BCUT2D eigenvalue weighted by atomic mass is 16.4. The number of piperazine rings is 1. The normalized spacial score (nSPS) is 16.5. The summed E-state index contributed by atoms with van der Waals surface area (Å²) >= 11 is 0.